The van der Waals surface area contributed by atoms with Crippen LogP contribution in [0.25, 0.3) is 0 Å². The second kappa shape index (κ2) is 8.03. The topological polar surface area (TPSA) is 50.8 Å². The molecule has 0 aliphatic carbocycles. The van der Waals surface area contributed by atoms with E-state index in [0.29, 0.717) is 12.5 Å². The van der Waals surface area contributed by atoms with Gasteiger partial charge in [0.2, 0.25) is 0 Å². The van der Waals surface area contributed by atoms with Gasteiger partial charge in [0.15, 0.2) is 0 Å². The van der Waals surface area contributed by atoms with Gasteiger partial charge in [-0.3, -0.25) is 0 Å². The lowest BCUT2D eigenvalue weighted by atomic mass is 10.1. The highest BCUT2D eigenvalue weighted by atomic mass is 16.5. The molecule has 0 saturated carbocycles. The minimum absolute atomic E-state index is 0.000489. The second-order valence-electron chi connectivity index (χ2n) is 5.78. The fourth-order valence-corrected chi connectivity index (χ4v) is 2.77. The highest BCUT2D eigenvalue weighted by Gasteiger charge is 2.25. The summed E-state index contributed by atoms with van der Waals surface area (Å²) in [5.41, 5.74) is 2.18. The van der Waals surface area contributed by atoms with Crippen molar-refractivity contribution in [3.8, 4) is 5.75 Å². The van der Waals surface area contributed by atoms with E-state index < -0.39 is 0 Å². The summed E-state index contributed by atoms with van der Waals surface area (Å²) in [6, 6.07) is 5.99. The van der Waals surface area contributed by atoms with E-state index in [4.69, 9.17) is 9.47 Å². The van der Waals surface area contributed by atoms with Gasteiger partial charge in [-0.1, -0.05) is 6.07 Å². The molecule has 2 amide bonds. The molecule has 1 aliphatic rings. The lowest BCUT2D eigenvalue weighted by Crippen LogP contribution is -2.38. The Bertz CT molecular complexity index is 505. The summed E-state index contributed by atoms with van der Waals surface area (Å²) in [6.07, 6.45) is 1.02. The Hall–Kier alpha value is -1.75. The van der Waals surface area contributed by atoms with Crippen LogP contribution in [-0.4, -0.2) is 44.3 Å². The van der Waals surface area contributed by atoms with E-state index in [-0.39, 0.29) is 6.03 Å². The number of amides is 2. The molecule has 1 aliphatic heterocycles. The number of benzene rings is 1. The van der Waals surface area contributed by atoms with Gasteiger partial charge in [0, 0.05) is 32.2 Å². The maximum Gasteiger partial charge on any atom is 0.317 e. The van der Waals surface area contributed by atoms with Crippen LogP contribution in [0.15, 0.2) is 18.2 Å². The van der Waals surface area contributed by atoms with Gasteiger partial charge in [0.25, 0.3) is 0 Å². The lowest BCUT2D eigenvalue weighted by molar-refractivity contribution is 0.113. The van der Waals surface area contributed by atoms with Crippen molar-refractivity contribution >= 4 is 6.03 Å². The van der Waals surface area contributed by atoms with E-state index in [0.717, 1.165) is 49.6 Å². The molecule has 0 radical (unpaired) electrons. The van der Waals surface area contributed by atoms with Crippen molar-refractivity contribution < 1.29 is 14.3 Å². The number of likely N-dealkylation sites (tertiary alicyclic amines) is 1. The Labute approximate surface area is 132 Å². The fraction of sp³-hybridized carbons (Fsp3) is 0.588. The lowest BCUT2D eigenvalue weighted by Gasteiger charge is -2.18. The quantitative estimate of drug-likeness (QED) is 0.879. The van der Waals surface area contributed by atoms with Crippen molar-refractivity contribution in [3.05, 3.63) is 29.3 Å². The van der Waals surface area contributed by atoms with Crippen LogP contribution in [0.5, 0.6) is 5.75 Å². The molecular weight excluding hydrogens is 280 g/mol. The SMILES string of the molecule is CCOCC1CCN(C(=O)NCc2cc(C)cc(OC)c2)C1. The normalized spacial score (nSPS) is 17.6. The largest absolute Gasteiger partial charge is 0.497 e. The molecule has 1 aromatic rings. The number of rotatable bonds is 6. The van der Waals surface area contributed by atoms with Gasteiger partial charge in [-0.15, -0.1) is 0 Å². The highest BCUT2D eigenvalue weighted by molar-refractivity contribution is 5.74. The molecule has 0 spiro atoms. The summed E-state index contributed by atoms with van der Waals surface area (Å²) in [4.78, 5) is 14.1. The average molecular weight is 306 g/mol. The van der Waals surface area contributed by atoms with Crippen molar-refractivity contribution in [2.24, 2.45) is 5.92 Å². The third kappa shape index (κ3) is 4.63. The van der Waals surface area contributed by atoms with Crippen LogP contribution in [-0.2, 0) is 11.3 Å². The molecular formula is C17H26N2O3. The minimum atomic E-state index is -0.000489. The first-order chi connectivity index (χ1) is 10.6. The van der Waals surface area contributed by atoms with Crippen LogP contribution in [0.4, 0.5) is 4.79 Å². The number of ether oxygens (including phenoxy) is 2. The first-order valence-corrected chi connectivity index (χ1v) is 7.87. The van der Waals surface area contributed by atoms with Gasteiger partial charge in [0.05, 0.1) is 13.7 Å². The summed E-state index contributed by atoms with van der Waals surface area (Å²) in [7, 11) is 1.65. The molecule has 122 valence electrons. The molecule has 1 atom stereocenters. The first kappa shape index (κ1) is 16.6. The van der Waals surface area contributed by atoms with Crippen molar-refractivity contribution in [2.45, 2.75) is 26.8 Å². The van der Waals surface area contributed by atoms with Gasteiger partial charge < -0.3 is 19.7 Å². The Kier molecular flexibility index (Phi) is 6.07. The Balaban J connectivity index is 1.82. The molecule has 1 aromatic carbocycles. The van der Waals surface area contributed by atoms with Gasteiger partial charge in [-0.05, 0) is 43.5 Å². The van der Waals surface area contributed by atoms with Crippen LogP contribution in [0, 0.1) is 12.8 Å². The van der Waals surface area contributed by atoms with Crippen LogP contribution < -0.4 is 10.1 Å². The van der Waals surface area contributed by atoms with Crippen LogP contribution in [0.3, 0.4) is 0 Å². The number of nitrogens with zero attached hydrogens (tertiary/aromatic N) is 1. The van der Waals surface area contributed by atoms with Crippen LogP contribution >= 0.6 is 0 Å². The maximum atomic E-state index is 12.2. The molecule has 2 rings (SSSR count). The number of aryl methyl sites for hydroxylation is 1. The van der Waals surface area contributed by atoms with E-state index >= 15 is 0 Å². The van der Waals surface area contributed by atoms with Gasteiger partial charge >= 0.3 is 6.03 Å². The zero-order chi connectivity index (χ0) is 15.9. The molecule has 1 fully saturated rings. The van der Waals surface area contributed by atoms with Gasteiger partial charge in [-0.25, -0.2) is 4.79 Å². The monoisotopic (exact) mass is 306 g/mol. The number of hydrogen-bond acceptors (Lipinski definition) is 3. The molecule has 1 saturated heterocycles. The number of nitrogens with one attached hydrogen (secondary N) is 1. The van der Waals surface area contributed by atoms with Crippen LogP contribution in [0.2, 0.25) is 0 Å². The Morgan fingerprint density at radius 1 is 1.41 bits per heavy atom. The van der Waals surface area contributed by atoms with E-state index in [1.165, 1.54) is 0 Å². The third-order valence-electron chi connectivity index (χ3n) is 3.92. The molecule has 5 nitrogen and oxygen atoms in total. The maximum absolute atomic E-state index is 12.2. The van der Waals surface area contributed by atoms with Gasteiger partial charge in [0.1, 0.15) is 5.75 Å². The molecule has 5 heteroatoms. The molecule has 1 unspecified atom stereocenters. The molecule has 22 heavy (non-hydrogen) atoms. The summed E-state index contributed by atoms with van der Waals surface area (Å²) >= 11 is 0. The predicted octanol–water partition coefficient (Wildman–Crippen LogP) is 2.57. The van der Waals surface area contributed by atoms with Crippen molar-refractivity contribution in [1.29, 1.82) is 0 Å². The average Bonchev–Trinajstić information content (AvgIpc) is 2.99. The molecule has 1 N–H and O–H groups in total. The number of urea groups is 1. The highest BCUT2D eigenvalue weighted by Crippen LogP contribution is 2.18. The van der Waals surface area contributed by atoms with E-state index in [9.17, 15) is 4.79 Å². The zero-order valence-electron chi connectivity index (χ0n) is 13.7. The number of carbonyl (C=O) groups excluding carboxylic acids is 1. The predicted molar refractivity (Wildman–Crippen MR) is 86.1 cm³/mol. The summed E-state index contributed by atoms with van der Waals surface area (Å²) in [6.45, 7) is 7.60. The first-order valence-electron chi connectivity index (χ1n) is 7.87. The van der Waals surface area contributed by atoms with Crippen LogP contribution in [0.1, 0.15) is 24.5 Å². The number of methoxy groups -OCH3 is 1. The van der Waals surface area contributed by atoms with E-state index in [1.54, 1.807) is 7.11 Å². The fourth-order valence-electron chi connectivity index (χ4n) is 2.77. The second-order valence-corrected chi connectivity index (χ2v) is 5.78. The summed E-state index contributed by atoms with van der Waals surface area (Å²) < 4.78 is 10.7. The third-order valence-corrected chi connectivity index (χ3v) is 3.92. The zero-order valence-corrected chi connectivity index (χ0v) is 13.7. The smallest absolute Gasteiger partial charge is 0.317 e. The Morgan fingerprint density at radius 3 is 2.95 bits per heavy atom. The minimum Gasteiger partial charge on any atom is -0.497 e. The van der Waals surface area contributed by atoms with E-state index in [2.05, 4.69) is 11.4 Å². The number of carbonyl (C=O) groups is 1. The molecule has 0 aromatic heterocycles. The van der Waals surface area contributed by atoms with Gasteiger partial charge in [-0.2, -0.15) is 0 Å². The van der Waals surface area contributed by atoms with Crippen molar-refractivity contribution in [2.75, 3.05) is 33.4 Å². The number of hydrogen-bond donors (Lipinski definition) is 1. The summed E-state index contributed by atoms with van der Waals surface area (Å²) in [5, 5.41) is 2.99. The van der Waals surface area contributed by atoms with Crippen molar-refractivity contribution in [1.82, 2.24) is 10.2 Å². The Morgan fingerprint density at radius 2 is 2.23 bits per heavy atom. The summed E-state index contributed by atoms with van der Waals surface area (Å²) in [5.74, 6) is 1.28. The molecule has 0 bridgehead atoms. The molecule has 1 heterocycles. The van der Waals surface area contributed by atoms with E-state index in [1.807, 2.05) is 30.9 Å². The standard InChI is InChI=1S/C17H26N2O3/c1-4-22-12-14-5-6-19(11-14)17(20)18-10-15-7-13(2)8-16(9-15)21-3/h7-9,14H,4-6,10-12H2,1-3H3,(H,18,20). The van der Waals surface area contributed by atoms with Crippen molar-refractivity contribution in [3.63, 3.8) is 0 Å².